The van der Waals surface area contributed by atoms with Gasteiger partial charge in [-0.1, -0.05) is 6.07 Å². The van der Waals surface area contributed by atoms with E-state index >= 15 is 0 Å². The fraction of sp³-hybridized carbons (Fsp3) is 0.500. The molecule has 0 aromatic heterocycles. The van der Waals surface area contributed by atoms with E-state index in [-0.39, 0.29) is 11.0 Å². The monoisotopic (exact) mass is 319 g/mol. The van der Waals surface area contributed by atoms with E-state index in [9.17, 15) is 8.42 Å². The molecule has 5 heteroatoms. The van der Waals surface area contributed by atoms with E-state index in [4.69, 9.17) is 0 Å². The molecule has 1 N–H and O–H groups in total. The molecular formula is C12H18BrNO2S. The molecule has 0 amide bonds. The van der Waals surface area contributed by atoms with E-state index in [1.807, 2.05) is 25.1 Å². The third-order valence-electron chi connectivity index (χ3n) is 2.54. The van der Waals surface area contributed by atoms with Crippen molar-refractivity contribution in [2.45, 2.75) is 26.0 Å². The minimum atomic E-state index is -2.97. The Morgan fingerprint density at radius 1 is 1.35 bits per heavy atom. The first-order chi connectivity index (χ1) is 7.83. The van der Waals surface area contributed by atoms with Gasteiger partial charge in [0.1, 0.15) is 0 Å². The van der Waals surface area contributed by atoms with Gasteiger partial charge in [-0.3, -0.25) is 0 Å². The van der Waals surface area contributed by atoms with Crippen molar-refractivity contribution in [3.05, 3.63) is 28.2 Å². The second-order valence-corrected chi connectivity index (χ2v) is 7.86. The van der Waals surface area contributed by atoms with Gasteiger partial charge in [-0.05, 0) is 54.4 Å². The van der Waals surface area contributed by atoms with Gasteiger partial charge in [-0.15, -0.1) is 0 Å². The molecule has 0 aliphatic carbocycles. The Labute approximate surface area is 112 Å². The van der Waals surface area contributed by atoms with Gasteiger partial charge in [0.2, 0.25) is 0 Å². The quantitative estimate of drug-likeness (QED) is 0.907. The molecule has 0 heterocycles. The summed E-state index contributed by atoms with van der Waals surface area (Å²) in [5, 5.41) is 2.82. The van der Waals surface area contributed by atoms with Gasteiger partial charge in [0.15, 0.2) is 9.84 Å². The van der Waals surface area contributed by atoms with Crippen LogP contribution >= 0.6 is 15.9 Å². The molecule has 0 saturated carbocycles. The molecule has 17 heavy (non-hydrogen) atoms. The number of sulfone groups is 1. The summed E-state index contributed by atoms with van der Waals surface area (Å²) in [7, 11) is -2.97. The molecule has 3 nitrogen and oxygen atoms in total. The molecule has 1 aromatic carbocycles. The normalized spacial score (nSPS) is 11.8. The zero-order valence-electron chi connectivity index (χ0n) is 10.3. The standard InChI is InChI=1S/C12H18BrNO2S/c1-9(2)17(15,16)7-6-14-12-8-10(3)4-5-11(12)13/h4-5,8-9,14H,6-7H2,1-3H3. The molecule has 1 rings (SSSR count). The van der Waals surface area contributed by atoms with Crippen LogP contribution in [0.25, 0.3) is 0 Å². The SMILES string of the molecule is Cc1ccc(Br)c(NCCS(=O)(=O)C(C)C)c1. The molecule has 0 spiro atoms. The molecular weight excluding hydrogens is 302 g/mol. The Bertz CT molecular complexity index is 483. The maximum absolute atomic E-state index is 11.6. The topological polar surface area (TPSA) is 46.2 Å². The first kappa shape index (κ1) is 14.5. The summed E-state index contributed by atoms with van der Waals surface area (Å²) in [5.41, 5.74) is 2.08. The number of benzene rings is 1. The highest BCUT2D eigenvalue weighted by molar-refractivity contribution is 9.10. The molecule has 1 aromatic rings. The van der Waals surface area contributed by atoms with Gasteiger partial charge in [0, 0.05) is 16.7 Å². The second kappa shape index (κ2) is 5.87. The third-order valence-corrected chi connectivity index (χ3v) is 5.44. The van der Waals surface area contributed by atoms with Gasteiger partial charge >= 0.3 is 0 Å². The van der Waals surface area contributed by atoms with Crippen LogP contribution in [-0.2, 0) is 9.84 Å². The van der Waals surface area contributed by atoms with E-state index in [1.54, 1.807) is 13.8 Å². The predicted molar refractivity (Wildman–Crippen MR) is 76.3 cm³/mol. The number of halogens is 1. The van der Waals surface area contributed by atoms with Crippen LogP contribution in [0.5, 0.6) is 0 Å². The van der Waals surface area contributed by atoms with Crippen molar-refractivity contribution >= 4 is 31.5 Å². The summed E-state index contributed by atoms with van der Waals surface area (Å²) >= 11 is 3.43. The molecule has 0 bridgehead atoms. The first-order valence-electron chi connectivity index (χ1n) is 5.54. The van der Waals surface area contributed by atoms with Gasteiger partial charge in [0.05, 0.1) is 11.0 Å². The highest BCUT2D eigenvalue weighted by Crippen LogP contribution is 2.23. The Hall–Kier alpha value is -0.550. The fourth-order valence-corrected chi connectivity index (χ4v) is 2.58. The van der Waals surface area contributed by atoms with Gasteiger partial charge in [-0.25, -0.2) is 8.42 Å². The number of rotatable bonds is 5. The largest absolute Gasteiger partial charge is 0.383 e. The molecule has 0 aliphatic rings. The first-order valence-corrected chi connectivity index (χ1v) is 8.05. The van der Waals surface area contributed by atoms with E-state index in [1.165, 1.54) is 0 Å². The maximum Gasteiger partial charge on any atom is 0.154 e. The molecule has 0 radical (unpaired) electrons. The van der Waals surface area contributed by atoms with Crippen LogP contribution in [0.2, 0.25) is 0 Å². The van der Waals surface area contributed by atoms with Crippen molar-refractivity contribution in [1.82, 2.24) is 0 Å². The summed E-state index contributed by atoms with van der Waals surface area (Å²) in [4.78, 5) is 0. The Kier molecular flexibility index (Phi) is 5.01. The van der Waals surface area contributed by atoms with Crippen molar-refractivity contribution in [2.75, 3.05) is 17.6 Å². The maximum atomic E-state index is 11.6. The molecule has 0 fully saturated rings. The Morgan fingerprint density at radius 2 is 2.00 bits per heavy atom. The fourth-order valence-electron chi connectivity index (χ4n) is 1.34. The van der Waals surface area contributed by atoms with Crippen molar-refractivity contribution in [2.24, 2.45) is 0 Å². The predicted octanol–water partition coefficient (Wildman–Crippen LogP) is 2.99. The number of anilines is 1. The molecule has 0 aliphatic heterocycles. The molecule has 0 atom stereocenters. The number of aryl methyl sites for hydroxylation is 1. The van der Waals surface area contributed by atoms with Crippen LogP contribution in [0.3, 0.4) is 0 Å². The lowest BCUT2D eigenvalue weighted by molar-refractivity contribution is 0.588. The van der Waals surface area contributed by atoms with E-state index < -0.39 is 9.84 Å². The summed E-state index contributed by atoms with van der Waals surface area (Å²) in [6.45, 7) is 5.85. The van der Waals surface area contributed by atoms with Gasteiger partial charge < -0.3 is 5.32 Å². The zero-order valence-corrected chi connectivity index (χ0v) is 12.7. The summed E-state index contributed by atoms with van der Waals surface area (Å²) in [6, 6.07) is 5.95. The third kappa shape index (κ3) is 4.32. The minimum Gasteiger partial charge on any atom is -0.383 e. The average molecular weight is 320 g/mol. The molecule has 96 valence electrons. The second-order valence-electron chi connectivity index (χ2n) is 4.33. The lowest BCUT2D eigenvalue weighted by atomic mass is 10.2. The van der Waals surface area contributed by atoms with Crippen LogP contribution in [0.15, 0.2) is 22.7 Å². The van der Waals surface area contributed by atoms with Gasteiger partial charge in [0.25, 0.3) is 0 Å². The zero-order chi connectivity index (χ0) is 13.1. The average Bonchev–Trinajstić information content (AvgIpc) is 2.22. The van der Waals surface area contributed by atoms with Crippen molar-refractivity contribution in [1.29, 1.82) is 0 Å². The summed E-state index contributed by atoms with van der Waals surface area (Å²) in [5.74, 6) is 0.158. The summed E-state index contributed by atoms with van der Waals surface area (Å²) < 4.78 is 24.2. The summed E-state index contributed by atoms with van der Waals surface area (Å²) in [6.07, 6.45) is 0. The van der Waals surface area contributed by atoms with Crippen LogP contribution in [0.1, 0.15) is 19.4 Å². The van der Waals surface area contributed by atoms with Gasteiger partial charge in [-0.2, -0.15) is 0 Å². The van der Waals surface area contributed by atoms with Crippen LogP contribution in [-0.4, -0.2) is 26.0 Å². The highest BCUT2D eigenvalue weighted by Gasteiger charge is 2.15. The van der Waals surface area contributed by atoms with Crippen LogP contribution < -0.4 is 5.32 Å². The van der Waals surface area contributed by atoms with E-state index in [0.29, 0.717) is 6.54 Å². The van der Waals surface area contributed by atoms with E-state index in [0.717, 1.165) is 15.7 Å². The number of hydrogen-bond acceptors (Lipinski definition) is 3. The lowest BCUT2D eigenvalue weighted by Crippen LogP contribution is -2.23. The molecule has 0 saturated heterocycles. The smallest absolute Gasteiger partial charge is 0.154 e. The Morgan fingerprint density at radius 3 is 2.59 bits per heavy atom. The number of hydrogen-bond donors (Lipinski definition) is 1. The van der Waals surface area contributed by atoms with Crippen LogP contribution in [0.4, 0.5) is 5.69 Å². The molecule has 0 unspecified atom stereocenters. The lowest BCUT2D eigenvalue weighted by Gasteiger charge is -2.11. The Balaban J connectivity index is 2.60. The van der Waals surface area contributed by atoms with Crippen molar-refractivity contribution in [3.63, 3.8) is 0 Å². The highest BCUT2D eigenvalue weighted by atomic mass is 79.9. The van der Waals surface area contributed by atoms with Crippen molar-refractivity contribution < 1.29 is 8.42 Å². The minimum absolute atomic E-state index is 0.158. The number of nitrogens with one attached hydrogen (secondary N) is 1. The van der Waals surface area contributed by atoms with Crippen LogP contribution in [0, 0.1) is 6.92 Å². The van der Waals surface area contributed by atoms with Crippen molar-refractivity contribution in [3.8, 4) is 0 Å². The van der Waals surface area contributed by atoms with E-state index in [2.05, 4.69) is 21.2 Å².